The Labute approximate surface area is 151 Å². The SMILES string of the molecule is O=C1CN(C(=O)c2ccc(CN3CCCC3=O)cc2)c2ccccc2N1. The summed E-state index contributed by atoms with van der Waals surface area (Å²) in [5, 5.41) is 2.78. The smallest absolute Gasteiger partial charge is 0.258 e. The lowest BCUT2D eigenvalue weighted by Gasteiger charge is -2.29. The van der Waals surface area contributed by atoms with Crippen LogP contribution < -0.4 is 10.2 Å². The Bertz CT molecular complexity index is 876. The van der Waals surface area contributed by atoms with Gasteiger partial charge in [0.25, 0.3) is 5.91 Å². The van der Waals surface area contributed by atoms with Crippen LogP contribution in [0.4, 0.5) is 11.4 Å². The maximum atomic E-state index is 12.9. The molecular weight excluding hydrogens is 330 g/mol. The van der Waals surface area contributed by atoms with Crippen LogP contribution in [0.1, 0.15) is 28.8 Å². The van der Waals surface area contributed by atoms with Crippen molar-refractivity contribution in [1.82, 2.24) is 4.90 Å². The van der Waals surface area contributed by atoms with Gasteiger partial charge in [0.1, 0.15) is 6.54 Å². The highest BCUT2D eigenvalue weighted by Gasteiger charge is 2.27. The number of rotatable bonds is 3. The monoisotopic (exact) mass is 349 g/mol. The second-order valence-electron chi connectivity index (χ2n) is 6.57. The van der Waals surface area contributed by atoms with Gasteiger partial charge in [-0.05, 0) is 36.2 Å². The van der Waals surface area contributed by atoms with Crippen molar-refractivity contribution in [2.24, 2.45) is 0 Å². The number of hydrogen-bond acceptors (Lipinski definition) is 3. The quantitative estimate of drug-likeness (QED) is 0.925. The largest absolute Gasteiger partial charge is 0.338 e. The van der Waals surface area contributed by atoms with Gasteiger partial charge in [-0.1, -0.05) is 24.3 Å². The van der Waals surface area contributed by atoms with Gasteiger partial charge < -0.3 is 10.2 Å². The Morgan fingerprint density at radius 2 is 1.81 bits per heavy atom. The second-order valence-corrected chi connectivity index (χ2v) is 6.57. The van der Waals surface area contributed by atoms with Crippen molar-refractivity contribution in [1.29, 1.82) is 0 Å². The average molecular weight is 349 g/mol. The molecule has 26 heavy (non-hydrogen) atoms. The van der Waals surface area contributed by atoms with Gasteiger partial charge in [0, 0.05) is 25.1 Å². The van der Waals surface area contributed by atoms with Gasteiger partial charge in [-0.2, -0.15) is 0 Å². The zero-order valence-electron chi connectivity index (χ0n) is 14.3. The van der Waals surface area contributed by atoms with Gasteiger partial charge in [-0.3, -0.25) is 19.3 Å². The maximum Gasteiger partial charge on any atom is 0.258 e. The van der Waals surface area contributed by atoms with E-state index in [1.54, 1.807) is 18.2 Å². The molecule has 1 N–H and O–H groups in total. The predicted octanol–water partition coefficient (Wildman–Crippen LogP) is 2.41. The Hall–Kier alpha value is -3.15. The summed E-state index contributed by atoms with van der Waals surface area (Å²) < 4.78 is 0. The molecular formula is C20H19N3O3. The van der Waals surface area contributed by atoms with Crippen LogP contribution in [0.2, 0.25) is 0 Å². The summed E-state index contributed by atoms with van der Waals surface area (Å²) in [7, 11) is 0. The van der Waals surface area contributed by atoms with Crippen molar-refractivity contribution in [3.63, 3.8) is 0 Å². The predicted molar refractivity (Wildman–Crippen MR) is 97.8 cm³/mol. The fourth-order valence-electron chi connectivity index (χ4n) is 3.41. The second kappa shape index (κ2) is 6.63. The number of anilines is 2. The van der Waals surface area contributed by atoms with Gasteiger partial charge in [0.2, 0.25) is 11.8 Å². The first-order chi connectivity index (χ1) is 12.6. The molecule has 0 bridgehead atoms. The third kappa shape index (κ3) is 3.06. The molecule has 0 spiro atoms. The van der Waals surface area contributed by atoms with E-state index >= 15 is 0 Å². The maximum absolute atomic E-state index is 12.9. The van der Waals surface area contributed by atoms with E-state index in [4.69, 9.17) is 0 Å². The Balaban J connectivity index is 1.53. The van der Waals surface area contributed by atoms with Crippen LogP contribution in [0.5, 0.6) is 0 Å². The molecule has 0 radical (unpaired) electrons. The Kier molecular flexibility index (Phi) is 4.16. The zero-order chi connectivity index (χ0) is 18.1. The van der Waals surface area contributed by atoms with E-state index in [-0.39, 0.29) is 24.3 Å². The van der Waals surface area contributed by atoms with Crippen molar-refractivity contribution < 1.29 is 14.4 Å². The molecule has 1 fully saturated rings. The van der Waals surface area contributed by atoms with Crippen molar-refractivity contribution in [3.8, 4) is 0 Å². The number of carbonyl (C=O) groups is 3. The molecule has 0 saturated carbocycles. The molecule has 1 saturated heterocycles. The van der Waals surface area contributed by atoms with E-state index in [1.807, 2.05) is 35.2 Å². The van der Waals surface area contributed by atoms with Gasteiger partial charge in [-0.15, -0.1) is 0 Å². The third-order valence-electron chi connectivity index (χ3n) is 4.76. The fourth-order valence-corrected chi connectivity index (χ4v) is 3.41. The summed E-state index contributed by atoms with van der Waals surface area (Å²) in [5.41, 5.74) is 2.85. The van der Waals surface area contributed by atoms with Crippen LogP contribution in [-0.2, 0) is 16.1 Å². The van der Waals surface area contributed by atoms with Gasteiger partial charge in [0.15, 0.2) is 0 Å². The highest BCUT2D eigenvalue weighted by Crippen LogP contribution is 2.30. The van der Waals surface area contributed by atoms with E-state index < -0.39 is 0 Å². The first-order valence-electron chi connectivity index (χ1n) is 8.69. The molecule has 3 amide bonds. The first-order valence-corrected chi connectivity index (χ1v) is 8.69. The molecule has 2 aliphatic heterocycles. The van der Waals surface area contributed by atoms with Crippen molar-refractivity contribution in [2.45, 2.75) is 19.4 Å². The third-order valence-corrected chi connectivity index (χ3v) is 4.76. The van der Waals surface area contributed by atoms with Crippen molar-refractivity contribution in [2.75, 3.05) is 23.3 Å². The van der Waals surface area contributed by atoms with Gasteiger partial charge in [-0.25, -0.2) is 0 Å². The highest BCUT2D eigenvalue weighted by molar-refractivity contribution is 6.15. The highest BCUT2D eigenvalue weighted by atomic mass is 16.2. The molecule has 2 aliphatic rings. The molecule has 2 aromatic carbocycles. The van der Waals surface area contributed by atoms with Crippen LogP contribution in [0.3, 0.4) is 0 Å². The van der Waals surface area contributed by atoms with Crippen LogP contribution in [0, 0.1) is 0 Å². The molecule has 0 aromatic heterocycles. The molecule has 132 valence electrons. The number of fused-ring (bicyclic) bond motifs is 1. The van der Waals surface area contributed by atoms with Crippen molar-refractivity contribution in [3.05, 3.63) is 59.7 Å². The number of para-hydroxylation sites is 2. The Morgan fingerprint density at radius 1 is 1.04 bits per heavy atom. The van der Waals surface area contributed by atoms with E-state index in [9.17, 15) is 14.4 Å². The summed E-state index contributed by atoms with van der Waals surface area (Å²) in [6.45, 7) is 1.36. The van der Waals surface area contributed by atoms with Crippen LogP contribution in [-0.4, -0.2) is 35.7 Å². The number of amides is 3. The standard InChI is InChI=1S/C20H19N3O3/c24-18-13-23(17-5-2-1-4-16(17)21-18)20(26)15-9-7-14(8-10-15)12-22-11-3-6-19(22)25/h1-2,4-5,7-10H,3,6,11-13H2,(H,21,24). The van der Waals surface area contributed by atoms with Gasteiger partial charge in [0.05, 0.1) is 11.4 Å². The van der Waals surface area contributed by atoms with Crippen LogP contribution in [0.15, 0.2) is 48.5 Å². The lowest BCUT2D eigenvalue weighted by Crippen LogP contribution is -2.42. The molecule has 4 rings (SSSR count). The number of carbonyl (C=O) groups excluding carboxylic acids is 3. The Morgan fingerprint density at radius 3 is 2.54 bits per heavy atom. The summed E-state index contributed by atoms with van der Waals surface area (Å²) in [6, 6.07) is 14.5. The number of benzene rings is 2. The summed E-state index contributed by atoms with van der Waals surface area (Å²) in [5.74, 6) is -0.238. The van der Waals surface area contributed by atoms with E-state index in [2.05, 4.69) is 5.32 Å². The van der Waals surface area contributed by atoms with E-state index in [1.165, 1.54) is 4.90 Å². The zero-order valence-corrected chi connectivity index (χ0v) is 14.3. The lowest BCUT2D eigenvalue weighted by molar-refractivity contribution is -0.128. The first kappa shape index (κ1) is 16.3. The molecule has 0 unspecified atom stereocenters. The normalized spacial score (nSPS) is 16.5. The number of likely N-dealkylation sites (tertiary alicyclic amines) is 1. The van der Waals surface area contributed by atoms with Crippen molar-refractivity contribution >= 4 is 29.1 Å². The minimum absolute atomic E-state index is 0.000121. The summed E-state index contributed by atoms with van der Waals surface area (Å²) >= 11 is 0. The van der Waals surface area contributed by atoms with Gasteiger partial charge >= 0.3 is 0 Å². The number of nitrogens with one attached hydrogen (secondary N) is 1. The van der Waals surface area contributed by atoms with E-state index in [0.717, 1.165) is 18.5 Å². The molecule has 6 nitrogen and oxygen atoms in total. The molecule has 2 aromatic rings. The fraction of sp³-hybridized carbons (Fsp3) is 0.250. The molecule has 0 aliphatic carbocycles. The average Bonchev–Trinajstić information content (AvgIpc) is 3.05. The lowest BCUT2D eigenvalue weighted by atomic mass is 10.1. The summed E-state index contributed by atoms with van der Waals surface area (Å²) in [4.78, 5) is 39.9. The summed E-state index contributed by atoms with van der Waals surface area (Å²) in [6.07, 6.45) is 1.53. The number of nitrogens with zero attached hydrogens (tertiary/aromatic N) is 2. The topological polar surface area (TPSA) is 69.7 Å². The number of hydrogen-bond donors (Lipinski definition) is 1. The van der Waals surface area contributed by atoms with Crippen LogP contribution >= 0.6 is 0 Å². The molecule has 2 heterocycles. The molecule has 0 atom stereocenters. The minimum atomic E-state index is -0.212. The molecule has 6 heteroatoms. The minimum Gasteiger partial charge on any atom is -0.338 e. The van der Waals surface area contributed by atoms with Crippen LogP contribution in [0.25, 0.3) is 0 Å². The van der Waals surface area contributed by atoms with E-state index in [0.29, 0.717) is 29.9 Å².